The second-order valence-electron chi connectivity index (χ2n) is 6.58. The third-order valence-corrected chi connectivity index (χ3v) is 3.52. The van der Waals surface area contributed by atoms with Crippen molar-refractivity contribution in [3.05, 3.63) is 0 Å². The number of rotatable bonds is 5. The van der Waals surface area contributed by atoms with Crippen LogP contribution in [-0.4, -0.2) is 23.3 Å². The molecule has 3 nitrogen and oxygen atoms in total. The van der Waals surface area contributed by atoms with Gasteiger partial charge in [-0.1, -0.05) is 32.1 Å². The maximum Gasteiger partial charge on any atom is 0.306 e. The van der Waals surface area contributed by atoms with Crippen molar-refractivity contribution in [2.45, 2.75) is 71.3 Å². The molecule has 0 aromatic heterocycles. The van der Waals surface area contributed by atoms with Crippen molar-refractivity contribution in [3.8, 4) is 0 Å². The van der Waals surface area contributed by atoms with Crippen molar-refractivity contribution in [3.63, 3.8) is 0 Å². The van der Waals surface area contributed by atoms with Crippen molar-refractivity contribution in [2.75, 3.05) is 6.61 Å². The fourth-order valence-corrected chi connectivity index (χ4v) is 2.74. The number of carbonyl (C=O) groups excluding carboxylic acids is 1. The smallest absolute Gasteiger partial charge is 0.306 e. The van der Waals surface area contributed by atoms with Crippen LogP contribution in [0, 0.1) is 11.8 Å². The van der Waals surface area contributed by atoms with Gasteiger partial charge in [0.05, 0.1) is 6.42 Å². The first-order chi connectivity index (χ1) is 8.40. The summed E-state index contributed by atoms with van der Waals surface area (Å²) in [5.41, 5.74) is -0.429. The fourth-order valence-electron chi connectivity index (χ4n) is 2.74. The summed E-state index contributed by atoms with van der Waals surface area (Å²) in [4.78, 5) is 11.7. The van der Waals surface area contributed by atoms with Gasteiger partial charge in [0.25, 0.3) is 0 Å². The first-order valence-electron chi connectivity index (χ1n) is 7.23. The molecule has 1 rings (SSSR count). The highest BCUT2D eigenvalue weighted by atomic mass is 16.6. The zero-order chi connectivity index (χ0) is 13.6. The summed E-state index contributed by atoms with van der Waals surface area (Å²) in [5.74, 6) is 0.582. The van der Waals surface area contributed by atoms with Crippen LogP contribution in [0.15, 0.2) is 0 Å². The maximum atomic E-state index is 11.7. The van der Waals surface area contributed by atoms with Crippen LogP contribution in [0.4, 0.5) is 0 Å². The summed E-state index contributed by atoms with van der Waals surface area (Å²) in [7, 11) is 0. The van der Waals surface area contributed by atoms with Gasteiger partial charge < -0.3 is 9.84 Å². The predicted molar refractivity (Wildman–Crippen MR) is 72.2 cm³/mol. The Balaban J connectivity index is 2.34. The lowest BCUT2D eigenvalue weighted by Crippen LogP contribution is -2.26. The highest BCUT2D eigenvalue weighted by Crippen LogP contribution is 2.30. The minimum absolute atomic E-state index is 0.0722. The largest absolute Gasteiger partial charge is 0.460 e. The Labute approximate surface area is 111 Å². The molecular weight excluding hydrogens is 228 g/mol. The lowest BCUT2D eigenvalue weighted by Gasteiger charge is -2.26. The highest BCUT2D eigenvalue weighted by molar-refractivity contribution is 5.70. The Morgan fingerprint density at radius 2 is 1.89 bits per heavy atom. The monoisotopic (exact) mass is 256 g/mol. The van der Waals surface area contributed by atoms with Crippen LogP contribution in [0.2, 0.25) is 0 Å². The Kier molecular flexibility index (Phi) is 6.13. The second-order valence-corrected chi connectivity index (χ2v) is 6.58. The molecular formula is C15H28O3. The van der Waals surface area contributed by atoms with Crippen molar-refractivity contribution >= 4 is 5.97 Å². The van der Waals surface area contributed by atoms with E-state index in [-0.39, 0.29) is 18.5 Å². The third-order valence-electron chi connectivity index (χ3n) is 3.52. The van der Waals surface area contributed by atoms with Crippen LogP contribution in [0.3, 0.4) is 0 Å². The minimum atomic E-state index is -0.429. The number of hydrogen-bond acceptors (Lipinski definition) is 3. The van der Waals surface area contributed by atoms with E-state index in [1.807, 2.05) is 20.8 Å². The van der Waals surface area contributed by atoms with Crippen molar-refractivity contribution in [2.24, 2.45) is 11.8 Å². The average molecular weight is 256 g/mol. The van der Waals surface area contributed by atoms with Crippen molar-refractivity contribution < 1.29 is 14.6 Å². The molecule has 0 aromatic rings. The molecule has 1 aliphatic carbocycles. The van der Waals surface area contributed by atoms with E-state index >= 15 is 0 Å². The summed E-state index contributed by atoms with van der Waals surface area (Å²) < 4.78 is 5.31. The molecule has 0 unspecified atom stereocenters. The zero-order valence-corrected chi connectivity index (χ0v) is 12.1. The summed E-state index contributed by atoms with van der Waals surface area (Å²) >= 11 is 0. The van der Waals surface area contributed by atoms with Gasteiger partial charge in [0.15, 0.2) is 0 Å². The van der Waals surface area contributed by atoms with E-state index in [4.69, 9.17) is 4.74 Å². The van der Waals surface area contributed by atoms with Gasteiger partial charge in [0.1, 0.15) is 5.60 Å². The van der Waals surface area contributed by atoms with Crippen LogP contribution >= 0.6 is 0 Å². The second kappa shape index (κ2) is 7.13. The highest BCUT2D eigenvalue weighted by Gasteiger charge is 2.23. The normalized spacial score (nSPS) is 19.6. The van der Waals surface area contributed by atoms with E-state index in [9.17, 15) is 9.90 Å². The van der Waals surface area contributed by atoms with Crippen LogP contribution in [0.1, 0.15) is 65.7 Å². The molecule has 1 atom stereocenters. The maximum absolute atomic E-state index is 11.7. The van der Waals surface area contributed by atoms with E-state index in [1.54, 1.807) is 0 Å². The molecule has 0 aromatic carbocycles. The third kappa shape index (κ3) is 6.39. The van der Waals surface area contributed by atoms with Gasteiger partial charge in [-0.2, -0.15) is 0 Å². The molecule has 1 fully saturated rings. The van der Waals surface area contributed by atoms with E-state index in [1.165, 1.54) is 32.1 Å². The van der Waals surface area contributed by atoms with Crippen LogP contribution in [-0.2, 0) is 9.53 Å². The lowest BCUT2D eigenvalue weighted by atomic mass is 9.82. The molecule has 0 amide bonds. The van der Waals surface area contributed by atoms with Crippen molar-refractivity contribution in [1.82, 2.24) is 0 Å². The molecule has 0 spiro atoms. The van der Waals surface area contributed by atoms with Gasteiger partial charge in [0, 0.05) is 6.61 Å². The molecule has 1 N–H and O–H groups in total. The molecule has 0 bridgehead atoms. The molecule has 18 heavy (non-hydrogen) atoms. The molecule has 0 saturated heterocycles. The van der Waals surface area contributed by atoms with Crippen LogP contribution < -0.4 is 0 Å². The van der Waals surface area contributed by atoms with E-state index in [0.29, 0.717) is 12.3 Å². The Hall–Kier alpha value is -0.570. The van der Waals surface area contributed by atoms with E-state index < -0.39 is 5.60 Å². The molecule has 0 radical (unpaired) electrons. The zero-order valence-electron chi connectivity index (χ0n) is 12.1. The van der Waals surface area contributed by atoms with E-state index in [2.05, 4.69) is 0 Å². The summed E-state index contributed by atoms with van der Waals surface area (Å²) in [6.45, 7) is 5.72. The first-order valence-corrected chi connectivity index (χ1v) is 7.23. The summed E-state index contributed by atoms with van der Waals surface area (Å²) in [6, 6.07) is 0. The van der Waals surface area contributed by atoms with Crippen LogP contribution in [0.25, 0.3) is 0 Å². The average Bonchev–Trinajstić information content (AvgIpc) is 2.27. The fraction of sp³-hybridized carbons (Fsp3) is 0.933. The van der Waals surface area contributed by atoms with Crippen LogP contribution in [0.5, 0.6) is 0 Å². The number of aliphatic hydroxyl groups excluding tert-OH is 1. The lowest BCUT2D eigenvalue weighted by molar-refractivity contribution is -0.156. The van der Waals surface area contributed by atoms with Gasteiger partial charge in [-0.15, -0.1) is 0 Å². The number of esters is 1. The SMILES string of the molecule is CC(C)(C)OC(=O)C[C@H](CO)CC1CCCCC1. The van der Waals surface area contributed by atoms with Gasteiger partial charge in [-0.25, -0.2) is 0 Å². The molecule has 3 heteroatoms. The molecule has 1 aliphatic rings. The first kappa shape index (κ1) is 15.5. The van der Waals surface area contributed by atoms with Gasteiger partial charge in [-0.05, 0) is 39.0 Å². The summed E-state index contributed by atoms with van der Waals surface area (Å²) in [6.07, 6.45) is 7.77. The molecule has 106 valence electrons. The molecule has 0 aliphatic heterocycles. The number of carbonyl (C=O) groups is 1. The number of hydrogen-bond donors (Lipinski definition) is 1. The van der Waals surface area contributed by atoms with E-state index in [0.717, 1.165) is 6.42 Å². The predicted octanol–water partition coefficient (Wildman–Crippen LogP) is 3.30. The minimum Gasteiger partial charge on any atom is -0.460 e. The molecule has 0 heterocycles. The standard InChI is InChI=1S/C15H28O3/c1-15(2,3)18-14(17)10-13(11-16)9-12-7-5-4-6-8-12/h12-13,16H,4-11H2,1-3H3/t13-/m1/s1. The quantitative estimate of drug-likeness (QED) is 0.768. The summed E-state index contributed by atoms with van der Waals surface area (Å²) in [5, 5.41) is 9.40. The molecule has 1 saturated carbocycles. The van der Waals surface area contributed by atoms with Gasteiger partial charge in [0.2, 0.25) is 0 Å². The Morgan fingerprint density at radius 1 is 1.28 bits per heavy atom. The number of aliphatic hydroxyl groups is 1. The number of ether oxygens (including phenoxy) is 1. The van der Waals surface area contributed by atoms with Gasteiger partial charge >= 0.3 is 5.97 Å². The Morgan fingerprint density at radius 3 is 2.39 bits per heavy atom. The van der Waals surface area contributed by atoms with Crippen molar-refractivity contribution in [1.29, 1.82) is 0 Å². The Bertz CT molecular complexity index is 249. The topological polar surface area (TPSA) is 46.5 Å². The van der Waals surface area contributed by atoms with Gasteiger partial charge in [-0.3, -0.25) is 4.79 Å².